The molecule has 0 radical (unpaired) electrons. The van der Waals surface area contributed by atoms with Crippen molar-refractivity contribution in [1.29, 1.82) is 0 Å². The van der Waals surface area contributed by atoms with E-state index in [9.17, 15) is 4.39 Å². The summed E-state index contributed by atoms with van der Waals surface area (Å²) >= 11 is 0. The van der Waals surface area contributed by atoms with Crippen LogP contribution in [0, 0.1) is 5.82 Å². The molecule has 0 fully saturated rings. The molecule has 0 aliphatic carbocycles. The van der Waals surface area contributed by atoms with Crippen molar-refractivity contribution in [2.45, 2.75) is 6.61 Å². The summed E-state index contributed by atoms with van der Waals surface area (Å²) < 4.78 is 29.1. The topological polar surface area (TPSA) is 53.7 Å². The van der Waals surface area contributed by atoms with E-state index in [-0.39, 0.29) is 19.2 Å². The molecule has 0 bridgehead atoms. The fourth-order valence-corrected chi connectivity index (χ4v) is 1.83. The van der Waals surface area contributed by atoms with Crippen molar-refractivity contribution in [2.24, 2.45) is 0 Å². The number of nitrogen functional groups attached to an aromatic ring is 1. The summed E-state index contributed by atoms with van der Waals surface area (Å²) in [7, 11) is 0. The van der Waals surface area contributed by atoms with Crippen molar-refractivity contribution in [3.05, 3.63) is 47.8 Å². The lowest BCUT2D eigenvalue weighted by atomic mass is 10.2. The average molecular weight is 261 g/mol. The molecule has 98 valence electrons. The number of anilines is 1. The van der Waals surface area contributed by atoms with Gasteiger partial charge in [-0.2, -0.15) is 0 Å². The molecule has 2 aromatic carbocycles. The molecular weight excluding hydrogens is 249 g/mol. The maximum Gasteiger partial charge on any atom is 0.231 e. The monoisotopic (exact) mass is 261 g/mol. The van der Waals surface area contributed by atoms with E-state index < -0.39 is 0 Å². The first kappa shape index (κ1) is 11.6. The predicted octanol–water partition coefficient (Wildman–Crippen LogP) is 2.72. The number of benzene rings is 2. The van der Waals surface area contributed by atoms with Crippen LogP contribution < -0.4 is 19.9 Å². The van der Waals surface area contributed by atoms with Gasteiger partial charge in [-0.25, -0.2) is 4.39 Å². The van der Waals surface area contributed by atoms with Crippen LogP contribution in [0.25, 0.3) is 0 Å². The predicted molar refractivity (Wildman–Crippen MR) is 67.7 cm³/mol. The van der Waals surface area contributed by atoms with E-state index in [0.717, 1.165) is 5.56 Å². The van der Waals surface area contributed by atoms with Crippen LogP contribution in [-0.2, 0) is 6.61 Å². The van der Waals surface area contributed by atoms with Gasteiger partial charge in [-0.1, -0.05) is 6.07 Å². The fraction of sp³-hybridized carbons (Fsp3) is 0.143. The zero-order valence-electron chi connectivity index (χ0n) is 10.1. The highest BCUT2D eigenvalue weighted by Gasteiger charge is 2.13. The zero-order chi connectivity index (χ0) is 13.2. The van der Waals surface area contributed by atoms with Crippen LogP contribution in [-0.4, -0.2) is 6.79 Å². The Kier molecular flexibility index (Phi) is 2.87. The van der Waals surface area contributed by atoms with Gasteiger partial charge in [-0.15, -0.1) is 0 Å². The summed E-state index contributed by atoms with van der Waals surface area (Å²) in [6.07, 6.45) is 0. The molecule has 0 atom stereocenters. The van der Waals surface area contributed by atoms with E-state index in [0.29, 0.717) is 22.9 Å². The molecule has 19 heavy (non-hydrogen) atoms. The molecule has 1 aliphatic heterocycles. The summed E-state index contributed by atoms with van der Waals surface area (Å²) in [6, 6.07) is 9.55. The molecule has 5 heteroatoms. The molecular formula is C14H12FNO3. The van der Waals surface area contributed by atoms with Crippen molar-refractivity contribution in [3.8, 4) is 17.2 Å². The van der Waals surface area contributed by atoms with Crippen LogP contribution in [0.1, 0.15) is 5.56 Å². The molecule has 1 heterocycles. The van der Waals surface area contributed by atoms with Crippen LogP contribution in [0.2, 0.25) is 0 Å². The number of fused-ring (bicyclic) bond motifs is 1. The molecule has 0 saturated heterocycles. The first-order valence-electron chi connectivity index (χ1n) is 5.79. The molecule has 0 unspecified atom stereocenters. The SMILES string of the molecule is Nc1ccc(F)cc1OCc1ccc2c(c1)OCO2. The molecule has 0 spiro atoms. The second kappa shape index (κ2) is 4.68. The van der Waals surface area contributed by atoms with E-state index in [4.69, 9.17) is 19.9 Å². The van der Waals surface area contributed by atoms with E-state index in [1.54, 1.807) is 0 Å². The van der Waals surface area contributed by atoms with Gasteiger partial charge in [0.05, 0.1) is 5.69 Å². The standard InChI is InChI=1S/C14H12FNO3/c15-10-2-3-11(16)13(6-10)17-7-9-1-4-12-14(5-9)19-8-18-12/h1-6H,7-8,16H2. The summed E-state index contributed by atoms with van der Waals surface area (Å²) in [4.78, 5) is 0. The smallest absolute Gasteiger partial charge is 0.231 e. The number of hydrogen-bond donors (Lipinski definition) is 1. The molecule has 0 aromatic heterocycles. The Bertz CT molecular complexity index is 616. The number of nitrogens with two attached hydrogens (primary N) is 1. The lowest BCUT2D eigenvalue weighted by Gasteiger charge is -2.09. The Labute approximate surface area is 109 Å². The Morgan fingerprint density at radius 2 is 1.95 bits per heavy atom. The highest BCUT2D eigenvalue weighted by Crippen LogP contribution is 2.33. The molecule has 3 rings (SSSR count). The second-order valence-corrected chi connectivity index (χ2v) is 4.16. The van der Waals surface area contributed by atoms with Crippen LogP contribution in [0.3, 0.4) is 0 Å². The van der Waals surface area contributed by atoms with Crippen molar-refractivity contribution in [1.82, 2.24) is 0 Å². The van der Waals surface area contributed by atoms with Gasteiger partial charge < -0.3 is 19.9 Å². The van der Waals surface area contributed by atoms with E-state index in [1.807, 2.05) is 18.2 Å². The molecule has 2 aromatic rings. The van der Waals surface area contributed by atoms with Gasteiger partial charge in [0.25, 0.3) is 0 Å². The Morgan fingerprint density at radius 3 is 2.84 bits per heavy atom. The van der Waals surface area contributed by atoms with Gasteiger partial charge >= 0.3 is 0 Å². The first-order valence-corrected chi connectivity index (χ1v) is 5.79. The third kappa shape index (κ3) is 2.40. The summed E-state index contributed by atoms with van der Waals surface area (Å²) in [5, 5.41) is 0. The lowest BCUT2D eigenvalue weighted by molar-refractivity contribution is 0.174. The normalized spacial score (nSPS) is 12.5. The lowest BCUT2D eigenvalue weighted by Crippen LogP contribution is -1.99. The van der Waals surface area contributed by atoms with Gasteiger partial charge in [0.2, 0.25) is 6.79 Å². The van der Waals surface area contributed by atoms with Gasteiger partial charge in [-0.05, 0) is 29.8 Å². The summed E-state index contributed by atoms with van der Waals surface area (Å²) in [5.41, 5.74) is 7.01. The molecule has 2 N–H and O–H groups in total. The van der Waals surface area contributed by atoms with Gasteiger partial charge in [0, 0.05) is 6.07 Å². The maximum atomic E-state index is 13.1. The largest absolute Gasteiger partial charge is 0.487 e. The van der Waals surface area contributed by atoms with Gasteiger partial charge in [0.1, 0.15) is 18.2 Å². The molecule has 0 saturated carbocycles. The summed E-state index contributed by atoms with van der Waals surface area (Å²) in [5.74, 6) is 1.36. The first-order chi connectivity index (χ1) is 9.22. The van der Waals surface area contributed by atoms with E-state index >= 15 is 0 Å². The van der Waals surface area contributed by atoms with Crippen molar-refractivity contribution >= 4 is 5.69 Å². The maximum absolute atomic E-state index is 13.1. The third-order valence-electron chi connectivity index (χ3n) is 2.81. The van der Waals surface area contributed by atoms with E-state index in [1.165, 1.54) is 18.2 Å². The summed E-state index contributed by atoms with van der Waals surface area (Å²) in [6.45, 7) is 0.515. The van der Waals surface area contributed by atoms with Gasteiger partial charge in [0.15, 0.2) is 11.5 Å². The van der Waals surface area contributed by atoms with Crippen LogP contribution in [0.4, 0.5) is 10.1 Å². The number of ether oxygens (including phenoxy) is 3. The molecule has 0 amide bonds. The number of halogens is 1. The van der Waals surface area contributed by atoms with Crippen molar-refractivity contribution < 1.29 is 18.6 Å². The van der Waals surface area contributed by atoms with Crippen LogP contribution in [0.15, 0.2) is 36.4 Å². The van der Waals surface area contributed by atoms with E-state index in [2.05, 4.69) is 0 Å². The highest BCUT2D eigenvalue weighted by atomic mass is 19.1. The minimum absolute atomic E-state index is 0.233. The Hall–Kier alpha value is -2.43. The minimum atomic E-state index is -0.380. The highest BCUT2D eigenvalue weighted by molar-refractivity contribution is 5.52. The zero-order valence-corrected chi connectivity index (χ0v) is 10.1. The Balaban J connectivity index is 1.74. The van der Waals surface area contributed by atoms with Crippen molar-refractivity contribution in [3.63, 3.8) is 0 Å². The Morgan fingerprint density at radius 1 is 1.11 bits per heavy atom. The van der Waals surface area contributed by atoms with Crippen LogP contribution in [0.5, 0.6) is 17.2 Å². The number of hydrogen-bond acceptors (Lipinski definition) is 4. The molecule has 1 aliphatic rings. The third-order valence-corrected chi connectivity index (χ3v) is 2.81. The molecule has 4 nitrogen and oxygen atoms in total. The van der Waals surface area contributed by atoms with Gasteiger partial charge in [-0.3, -0.25) is 0 Å². The quantitative estimate of drug-likeness (QED) is 0.863. The van der Waals surface area contributed by atoms with Crippen molar-refractivity contribution in [2.75, 3.05) is 12.5 Å². The number of rotatable bonds is 3. The average Bonchev–Trinajstić information content (AvgIpc) is 2.87. The fourth-order valence-electron chi connectivity index (χ4n) is 1.83. The second-order valence-electron chi connectivity index (χ2n) is 4.16. The van der Waals surface area contributed by atoms with Crippen LogP contribution >= 0.6 is 0 Å². The minimum Gasteiger partial charge on any atom is -0.487 e.